The Morgan fingerprint density at radius 2 is 2.00 bits per heavy atom. The smallest absolute Gasteiger partial charge is 0.315 e. The van der Waals surface area contributed by atoms with Crippen LogP contribution >= 0.6 is 0 Å². The number of hydrogen-bond acceptors (Lipinski definition) is 5. The van der Waals surface area contributed by atoms with Crippen molar-refractivity contribution in [3.63, 3.8) is 0 Å². The third-order valence-electron chi connectivity index (χ3n) is 5.46. The van der Waals surface area contributed by atoms with Gasteiger partial charge in [0.2, 0.25) is 5.88 Å². The minimum atomic E-state index is -1.43. The number of amides is 2. The summed E-state index contributed by atoms with van der Waals surface area (Å²) in [6, 6.07) is 10.7. The van der Waals surface area contributed by atoms with Gasteiger partial charge in [-0.2, -0.15) is 0 Å². The Labute approximate surface area is 178 Å². The number of ether oxygens (including phenoxy) is 1. The third kappa shape index (κ3) is 4.85. The number of carbonyl (C=O) groups is 2. The molecular weight excluding hydrogens is 404 g/mol. The van der Waals surface area contributed by atoms with Crippen LogP contribution < -0.4 is 20.1 Å². The average molecular weight is 431 g/mol. The highest BCUT2D eigenvalue weighted by Gasteiger charge is 2.44. The fraction of sp³-hybridized carbons (Fsp3) is 0.381. The Bertz CT molecular complexity index is 904. The van der Waals surface area contributed by atoms with Crippen LogP contribution in [0.4, 0.5) is 4.79 Å². The van der Waals surface area contributed by atoms with Crippen LogP contribution in [-0.2, 0) is 15.8 Å². The summed E-state index contributed by atoms with van der Waals surface area (Å²) in [5.74, 6) is 0.422. The first-order chi connectivity index (χ1) is 14.5. The first-order valence-electron chi connectivity index (χ1n) is 9.73. The number of hydrogen-bond donors (Lipinski definition) is 3. The second-order valence-corrected chi connectivity index (χ2v) is 8.48. The van der Waals surface area contributed by atoms with Crippen molar-refractivity contribution in [3.8, 4) is 17.0 Å². The molecule has 3 rings (SSSR count). The van der Waals surface area contributed by atoms with E-state index in [1.54, 1.807) is 31.5 Å². The lowest BCUT2D eigenvalue weighted by molar-refractivity contribution is -0.114. The number of urea groups is 1. The fourth-order valence-electron chi connectivity index (χ4n) is 3.71. The van der Waals surface area contributed by atoms with Gasteiger partial charge < -0.3 is 20.2 Å². The highest BCUT2D eigenvalue weighted by molar-refractivity contribution is 7.83. The van der Waals surface area contributed by atoms with Gasteiger partial charge in [-0.05, 0) is 36.6 Å². The zero-order valence-electron chi connectivity index (χ0n) is 17.0. The van der Waals surface area contributed by atoms with Crippen molar-refractivity contribution in [2.24, 2.45) is 5.92 Å². The molecular formula is C21H26N4O4S. The number of carbonyl (C=O) groups excluding carboxylic acids is 2. The molecule has 1 aliphatic carbocycles. The molecule has 0 bridgehead atoms. The molecule has 3 unspecified atom stereocenters. The molecule has 1 fully saturated rings. The largest absolute Gasteiger partial charge is 0.481 e. The summed E-state index contributed by atoms with van der Waals surface area (Å²) in [5, 5.41) is 5.25. The van der Waals surface area contributed by atoms with Gasteiger partial charge in [-0.25, -0.2) is 18.7 Å². The van der Waals surface area contributed by atoms with E-state index in [9.17, 15) is 13.8 Å². The van der Waals surface area contributed by atoms with Crippen molar-refractivity contribution in [2.45, 2.75) is 29.7 Å². The Morgan fingerprint density at radius 3 is 2.60 bits per heavy atom. The molecule has 30 heavy (non-hydrogen) atoms. The molecule has 3 N–H and O–H groups in total. The van der Waals surface area contributed by atoms with Gasteiger partial charge in [0.05, 0.1) is 12.0 Å². The zero-order valence-corrected chi connectivity index (χ0v) is 17.8. The molecule has 8 nitrogen and oxygen atoms in total. The first kappa shape index (κ1) is 21.9. The number of methoxy groups -OCH3 is 1. The maximum Gasteiger partial charge on any atom is 0.315 e. The predicted molar refractivity (Wildman–Crippen MR) is 114 cm³/mol. The van der Waals surface area contributed by atoms with Gasteiger partial charge in [-0.15, -0.1) is 0 Å². The summed E-state index contributed by atoms with van der Waals surface area (Å²) in [6.07, 6.45) is 4.71. The molecule has 2 aromatic rings. The van der Waals surface area contributed by atoms with Gasteiger partial charge in [0.15, 0.2) is 0 Å². The van der Waals surface area contributed by atoms with Crippen LogP contribution in [0.25, 0.3) is 11.1 Å². The van der Waals surface area contributed by atoms with Gasteiger partial charge >= 0.3 is 6.03 Å². The number of aromatic nitrogens is 1. The van der Waals surface area contributed by atoms with Crippen LogP contribution in [0.1, 0.15) is 19.3 Å². The third-order valence-corrected chi connectivity index (χ3v) is 6.59. The number of benzene rings is 1. The van der Waals surface area contributed by atoms with Gasteiger partial charge in [0.1, 0.15) is 22.8 Å². The Morgan fingerprint density at radius 1 is 1.27 bits per heavy atom. The van der Waals surface area contributed by atoms with Crippen molar-refractivity contribution in [2.75, 3.05) is 20.7 Å². The quantitative estimate of drug-likeness (QED) is 0.555. The summed E-state index contributed by atoms with van der Waals surface area (Å²) in [4.78, 5) is 28.3. The highest BCUT2D eigenvalue weighted by atomic mass is 32.2. The van der Waals surface area contributed by atoms with Crippen molar-refractivity contribution in [3.05, 3.63) is 42.6 Å². The summed E-state index contributed by atoms with van der Waals surface area (Å²) in [5.41, 5.74) is 0.960. The second kappa shape index (κ2) is 9.82. The fourth-order valence-corrected chi connectivity index (χ4v) is 4.61. The maximum atomic E-state index is 12.7. The summed E-state index contributed by atoms with van der Waals surface area (Å²) < 4.78 is 20.8. The second-order valence-electron chi connectivity index (χ2n) is 7.18. The number of rotatable bonds is 8. The van der Waals surface area contributed by atoms with E-state index in [1.807, 2.05) is 18.2 Å². The van der Waals surface area contributed by atoms with Crippen LogP contribution in [0.5, 0.6) is 5.88 Å². The van der Waals surface area contributed by atoms with Gasteiger partial charge in [0, 0.05) is 37.3 Å². The van der Waals surface area contributed by atoms with Gasteiger partial charge in [-0.1, -0.05) is 18.6 Å². The summed E-state index contributed by atoms with van der Waals surface area (Å²) in [6.45, 7) is 0.361. The Hall–Kier alpha value is -2.78. The van der Waals surface area contributed by atoms with Crippen LogP contribution in [0.15, 0.2) is 47.5 Å². The van der Waals surface area contributed by atoms with Crippen molar-refractivity contribution in [1.29, 1.82) is 0 Å². The number of aldehydes is 1. The molecule has 0 spiro atoms. The molecule has 1 aromatic heterocycles. The molecule has 2 amide bonds. The number of nitrogens with one attached hydrogen (secondary N) is 3. The minimum absolute atomic E-state index is 0.124. The monoisotopic (exact) mass is 430 g/mol. The van der Waals surface area contributed by atoms with E-state index in [2.05, 4.69) is 20.3 Å². The van der Waals surface area contributed by atoms with Crippen molar-refractivity contribution >= 4 is 23.3 Å². The average Bonchev–Trinajstić information content (AvgIpc) is 3.20. The minimum Gasteiger partial charge on any atom is -0.481 e. The van der Waals surface area contributed by atoms with E-state index in [4.69, 9.17) is 4.74 Å². The van der Waals surface area contributed by atoms with E-state index in [0.717, 1.165) is 30.3 Å². The molecule has 0 radical (unpaired) electrons. The van der Waals surface area contributed by atoms with Crippen molar-refractivity contribution in [1.82, 2.24) is 20.3 Å². The SMILES string of the molecule is CNC(=O)NC1(C=O)CCCC1CNS(=O)c1ccc(-c2ccc(OC)nc2)cc1. The van der Waals surface area contributed by atoms with E-state index in [0.29, 0.717) is 23.7 Å². The number of nitrogens with zero attached hydrogens (tertiary/aromatic N) is 1. The highest BCUT2D eigenvalue weighted by Crippen LogP contribution is 2.34. The van der Waals surface area contributed by atoms with E-state index in [1.165, 1.54) is 7.05 Å². The van der Waals surface area contributed by atoms with Crippen LogP contribution in [-0.4, -0.2) is 47.8 Å². The number of pyridine rings is 1. The topological polar surface area (TPSA) is 109 Å². The van der Waals surface area contributed by atoms with E-state index in [-0.39, 0.29) is 5.92 Å². The first-order valence-corrected chi connectivity index (χ1v) is 10.9. The Kier molecular flexibility index (Phi) is 7.17. The predicted octanol–water partition coefficient (Wildman–Crippen LogP) is 2.04. The molecule has 0 saturated heterocycles. The molecule has 9 heteroatoms. The molecule has 3 atom stereocenters. The normalized spacial score (nSPS) is 21.6. The van der Waals surface area contributed by atoms with E-state index < -0.39 is 22.6 Å². The summed E-state index contributed by atoms with van der Waals surface area (Å²) in [7, 11) is 1.65. The molecule has 0 aliphatic heterocycles. The molecule has 160 valence electrons. The molecule has 1 aliphatic rings. The molecule has 1 saturated carbocycles. The van der Waals surface area contributed by atoms with Crippen molar-refractivity contribution < 1.29 is 18.5 Å². The molecule has 1 aromatic carbocycles. The van der Waals surface area contributed by atoms with Crippen LogP contribution in [0.2, 0.25) is 0 Å². The molecule has 1 heterocycles. The van der Waals surface area contributed by atoms with Gasteiger partial charge in [0.25, 0.3) is 0 Å². The van der Waals surface area contributed by atoms with Crippen LogP contribution in [0, 0.1) is 5.92 Å². The van der Waals surface area contributed by atoms with Crippen LogP contribution in [0.3, 0.4) is 0 Å². The van der Waals surface area contributed by atoms with Gasteiger partial charge in [-0.3, -0.25) is 0 Å². The maximum absolute atomic E-state index is 12.7. The van der Waals surface area contributed by atoms with E-state index >= 15 is 0 Å². The summed E-state index contributed by atoms with van der Waals surface area (Å²) >= 11 is 0. The standard InChI is InChI=1S/C21H26N4O4S/c1-22-20(27)25-21(14-26)11-3-4-17(21)13-24-30(28)18-8-5-15(6-9-18)16-7-10-19(29-2)23-12-16/h5-10,12,14,17,24H,3-4,11,13H2,1-2H3,(H2,22,25,27). The lowest BCUT2D eigenvalue weighted by Gasteiger charge is -2.31. The lowest BCUT2D eigenvalue weighted by Crippen LogP contribution is -2.56. The Balaban J connectivity index is 1.63. The zero-order chi connectivity index (χ0) is 21.6. The lowest BCUT2D eigenvalue weighted by atomic mass is 9.88.